The van der Waals surface area contributed by atoms with Crippen LogP contribution in [-0.4, -0.2) is 29.2 Å². The molecular formula is C16H23F2NOS. The number of halogens is 2. The van der Waals surface area contributed by atoms with E-state index in [9.17, 15) is 13.9 Å². The molecule has 118 valence electrons. The quantitative estimate of drug-likeness (QED) is 0.840. The molecule has 21 heavy (non-hydrogen) atoms. The zero-order chi connectivity index (χ0) is 15.3. The molecule has 1 aliphatic rings. The van der Waals surface area contributed by atoms with Gasteiger partial charge in [-0.3, -0.25) is 0 Å². The van der Waals surface area contributed by atoms with Crippen molar-refractivity contribution in [1.29, 1.82) is 0 Å². The Hall–Kier alpha value is -0.650. The number of benzene rings is 1. The largest absolute Gasteiger partial charge is 0.387 e. The van der Waals surface area contributed by atoms with E-state index in [2.05, 4.69) is 11.6 Å². The lowest BCUT2D eigenvalue weighted by atomic mass is 9.88. The Morgan fingerprint density at radius 1 is 1.24 bits per heavy atom. The number of hydrogen-bond donors (Lipinski definition) is 2. The van der Waals surface area contributed by atoms with E-state index in [-0.39, 0.29) is 16.9 Å². The van der Waals surface area contributed by atoms with Crippen molar-refractivity contribution in [2.24, 2.45) is 0 Å². The molecule has 0 bridgehead atoms. The fourth-order valence-electron chi connectivity index (χ4n) is 3.02. The van der Waals surface area contributed by atoms with Crippen LogP contribution in [0.2, 0.25) is 0 Å². The first-order valence-electron chi connectivity index (χ1n) is 7.46. The molecule has 0 radical (unpaired) electrons. The van der Waals surface area contributed by atoms with Crippen molar-refractivity contribution in [1.82, 2.24) is 5.32 Å². The van der Waals surface area contributed by atoms with Crippen LogP contribution in [0.5, 0.6) is 0 Å². The van der Waals surface area contributed by atoms with Gasteiger partial charge in [-0.1, -0.05) is 25.3 Å². The van der Waals surface area contributed by atoms with Crippen molar-refractivity contribution in [2.45, 2.75) is 43.0 Å². The van der Waals surface area contributed by atoms with E-state index in [0.29, 0.717) is 0 Å². The summed E-state index contributed by atoms with van der Waals surface area (Å²) >= 11 is 1.85. The number of thioether (sulfide) groups is 1. The van der Waals surface area contributed by atoms with Gasteiger partial charge >= 0.3 is 0 Å². The summed E-state index contributed by atoms with van der Waals surface area (Å²) in [6.07, 6.45) is 7.01. The molecule has 0 aliphatic heterocycles. The molecule has 1 unspecified atom stereocenters. The van der Waals surface area contributed by atoms with E-state index in [1.807, 2.05) is 11.8 Å². The number of hydrogen-bond acceptors (Lipinski definition) is 3. The molecule has 2 N–H and O–H groups in total. The van der Waals surface area contributed by atoms with Crippen molar-refractivity contribution < 1.29 is 13.9 Å². The molecule has 5 heteroatoms. The zero-order valence-electron chi connectivity index (χ0n) is 12.4. The molecule has 0 aromatic heterocycles. The van der Waals surface area contributed by atoms with Crippen molar-refractivity contribution >= 4 is 11.8 Å². The van der Waals surface area contributed by atoms with Crippen molar-refractivity contribution in [3.63, 3.8) is 0 Å². The number of rotatable bonds is 6. The molecule has 0 amide bonds. The lowest BCUT2D eigenvalue weighted by Crippen LogP contribution is -2.40. The molecule has 2 nitrogen and oxygen atoms in total. The summed E-state index contributed by atoms with van der Waals surface area (Å²) in [6.45, 7) is 0.932. The van der Waals surface area contributed by atoms with Crippen LogP contribution in [0, 0.1) is 11.6 Å². The van der Waals surface area contributed by atoms with Crippen LogP contribution in [0.4, 0.5) is 8.78 Å². The molecular weight excluding hydrogens is 292 g/mol. The van der Waals surface area contributed by atoms with Crippen LogP contribution in [0.1, 0.15) is 43.8 Å². The van der Waals surface area contributed by atoms with Crippen LogP contribution in [0.25, 0.3) is 0 Å². The standard InChI is InChI=1S/C16H23F2NOS/c1-21-16(8-3-2-4-9-16)11-19-10-14(20)15-12(17)6-5-7-13(15)18/h5-7,14,19-20H,2-4,8-11H2,1H3. The van der Waals surface area contributed by atoms with Gasteiger partial charge in [-0.2, -0.15) is 11.8 Å². The van der Waals surface area contributed by atoms with Crippen LogP contribution in [0.3, 0.4) is 0 Å². The summed E-state index contributed by atoms with van der Waals surface area (Å²) in [7, 11) is 0. The van der Waals surface area contributed by atoms with Gasteiger partial charge in [-0.25, -0.2) is 8.78 Å². The Morgan fingerprint density at radius 3 is 2.43 bits per heavy atom. The Morgan fingerprint density at radius 2 is 1.86 bits per heavy atom. The van der Waals surface area contributed by atoms with Gasteiger partial charge in [0.2, 0.25) is 0 Å². The van der Waals surface area contributed by atoms with Crippen LogP contribution < -0.4 is 5.32 Å². The Kier molecular flexibility index (Phi) is 6.02. The first-order chi connectivity index (χ1) is 10.1. The second-order valence-electron chi connectivity index (χ2n) is 5.73. The van der Waals surface area contributed by atoms with Gasteiger partial charge in [-0.05, 0) is 31.2 Å². The lowest BCUT2D eigenvalue weighted by Gasteiger charge is -2.36. The Bertz CT molecular complexity index is 443. The fraction of sp³-hybridized carbons (Fsp3) is 0.625. The highest BCUT2D eigenvalue weighted by Gasteiger charge is 2.31. The Balaban J connectivity index is 1.90. The maximum absolute atomic E-state index is 13.6. The minimum Gasteiger partial charge on any atom is -0.387 e. The summed E-state index contributed by atoms with van der Waals surface area (Å²) in [4.78, 5) is 0. The lowest BCUT2D eigenvalue weighted by molar-refractivity contribution is 0.163. The fourth-order valence-corrected chi connectivity index (χ4v) is 3.96. The molecule has 0 spiro atoms. The first kappa shape index (κ1) is 16.7. The molecule has 1 aliphatic carbocycles. The van der Waals surface area contributed by atoms with Gasteiger partial charge in [0.15, 0.2) is 0 Å². The second kappa shape index (κ2) is 7.56. The monoisotopic (exact) mass is 315 g/mol. The first-order valence-corrected chi connectivity index (χ1v) is 8.68. The molecule has 1 fully saturated rings. The highest BCUT2D eigenvalue weighted by atomic mass is 32.2. The van der Waals surface area contributed by atoms with Gasteiger partial charge in [0, 0.05) is 17.8 Å². The average Bonchev–Trinajstić information content (AvgIpc) is 2.48. The van der Waals surface area contributed by atoms with E-state index >= 15 is 0 Å². The van der Waals surface area contributed by atoms with E-state index in [1.165, 1.54) is 37.5 Å². The topological polar surface area (TPSA) is 32.3 Å². The number of nitrogens with one attached hydrogen (secondary N) is 1. The number of aliphatic hydroxyl groups excluding tert-OH is 1. The minimum absolute atomic E-state index is 0.167. The predicted octanol–water partition coefficient (Wildman–Crippen LogP) is 3.65. The highest BCUT2D eigenvalue weighted by molar-refractivity contribution is 8.00. The maximum Gasteiger partial charge on any atom is 0.131 e. The van der Waals surface area contributed by atoms with Crippen molar-refractivity contribution in [3.8, 4) is 0 Å². The third kappa shape index (κ3) is 4.18. The normalized spacial score (nSPS) is 19.4. The van der Waals surface area contributed by atoms with Crippen molar-refractivity contribution in [3.05, 3.63) is 35.4 Å². The average molecular weight is 315 g/mol. The summed E-state index contributed by atoms with van der Waals surface area (Å²) < 4.78 is 27.4. The molecule has 1 saturated carbocycles. The molecule has 0 saturated heterocycles. The molecule has 1 aromatic carbocycles. The van der Waals surface area contributed by atoms with Gasteiger partial charge in [0.1, 0.15) is 11.6 Å². The summed E-state index contributed by atoms with van der Waals surface area (Å²) in [5.41, 5.74) is -0.244. The Labute approximate surface area is 129 Å². The van der Waals surface area contributed by atoms with E-state index in [4.69, 9.17) is 0 Å². The molecule has 2 rings (SSSR count). The second-order valence-corrected chi connectivity index (χ2v) is 7.00. The smallest absolute Gasteiger partial charge is 0.131 e. The van der Waals surface area contributed by atoms with Gasteiger partial charge < -0.3 is 10.4 Å². The summed E-state index contributed by atoms with van der Waals surface area (Å²) in [5.74, 6) is -1.39. The minimum atomic E-state index is -1.16. The predicted molar refractivity (Wildman–Crippen MR) is 83.5 cm³/mol. The third-order valence-electron chi connectivity index (χ3n) is 4.32. The van der Waals surface area contributed by atoms with E-state index in [1.54, 1.807) is 0 Å². The van der Waals surface area contributed by atoms with Gasteiger partial charge in [-0.15, -0.1) is 0 Å². The summed E-state index contributed by atoms with van der Waals surface area (Å²) in [6, 6.07) is 3.65. The van der Waals surface area contributed by atoms with Crippen LogP contribution in [0.15, 0.2) is 18.2 Å². The molecule has 1 atom stereocenters. The van der Waals surface area contributed by atoms with E-state index in [0.717, 1.165) is 19.4 Å². The van der Waals surface area contributed by atoms with E-state index < -0.39 is 17.7 Å². The van der Waals surface area contributed by atoms with Crippen molar-refractivity contribution in [2.75, 3.05) is 19.3 Å². The third-order valence-corrected chi connectivity index (χ3v) is 5.73. The maximum atomic E-state index is 13.6. The SMILES string of the molecule is CSC1(CNCC(O)c2c(F)cccc2F)CCCCC1. The molecule has 0 heterocycles. The number of aliphatic hydroxyl groups is 1. The van der Waals surface area contributed by atoms with Crippen LogP contribution >= 0.6 is 11.8 Å². The molecule has 1 aromatic rings. The zero-order valence-corrected chi connectivity index (χ0v) is 13.2. The van der Waals surface area contributed by atoms with Gasteiger partial charge in [0.25, 0.3) is 0 Å². The van der Waals surface area contributed by atoms with Gasteiger partial charge in [0.05, 0.1) is 11.7 Å². The highest BCUT2D eigenvalue weighted by Crippen LogP contribution is 2.38. The van der Waals surface area contributed by atoms with Crippen LogP contribution in [-0.2, 0) is 0 Å². The summed E-state index contributed by atoms with van der Waals surface area (Å²) in [5, 5.41) is 13.2.